The quantitative estimate of drug-likeness (QED) is 0.716. The molecule has 0 spiro atoms. The van der Waals surface area contributed by atoms with Crippen molar-refractivity contribution in [2.45, 2.75) is 33.1 Å². The summed E-state index contributed by atoms with van der Waals surface area (Å²) in [4.78, 5) is 4.87. The smallest absolute Gasteiger partial charge is 0.154 e. The Bertz CT molecular complexity index is 828. The number of rotatable bonds is 2. The van der Waals surface area contributed by atoms with Gasteiger partial charge in [-0.3, -0.25) is 0 Å². The van der Waals surface area contributed by atoms with Crippen molar-refractivity contribution >= 4 is 10.8 Å². The number of aryl methyl sites for hydroxylation is 1. The van der Waals surface area contributed by atoms with Gasteiger partial charge in [-0.25, -0.2) is 9.67 Å². The fraction of sp³-hybridized carbons (Fsp3) is 0.333. The number of benzene rings is 1. The number of aromatic nitrogens is 3. The van der Waals surface area contributed by atoms with E-state index in [0.717, 1.165) is 33.7 Å². The van der Waals surface area contributed by atoms with Crippen LogP contribution in [0.15, 0.2) is 36.5 Å². The second-order valence-corrected chi connectivity index (χ2v) is 6.57. The Morgan fingerprint density at radius 1 is 1.09 bits per heavy atom. The first kappa shape index (κ1) is 14.6. The van der Waals surface area contributed by atoms with Gasteiger partial charge in [-0.2, -0.15) is 5.10 Å². The van der Waals surface area contributed by atoms with Gasteiger partial charge in [-0.05, 0) is 42.6 Å². The zero-order valence-corrected chi connectivity index (χ0v) is 13.7. The molecular weight excluding hydrogens is 274 g/mol. The van der Waals surface area contributed by atoms with E-state index in [4.69, 9.17) is 9.72 Å². The molecule has 4 nitrogen and oxygen atoms in total. The molecule has 0 unspecified atom stereocenters. The molecule has 0 amide bonds. The van der Waals surface area contributed by atoms with Crippen LogP contribution in [0.4, 0.5) is 0 Å². The van der Waals surface area contributed by atoms with Gasteiger partial charge >= 0.3 is 0 Å². The molecule has 0 saturated heterocycles. The minimum atomic E-state index is -0.0505. The summed E-state index contributed by atoms with van der Waals surface area (Å²) in [5, 5.41) is 6.74. The van der Waals surface area contributed by atoms with Crippen molar-refractivity contribution in [3.63, 3.8) is 0 Å². The Morgan fingerprint density at radius 3 is 2.45 bits per heavy atom. The summed E-state index contributed by atoms with van der Waals surface area (Å²) in [6, 6.07) is 10.1. The van der Waals surface area contributed by atoms with Crippen molar-refractivity contribution < 1.29 is 4.74 Å². The summed E-state index contributed by atoms with van der Waals surface area (Å²) in [5.41, 5.74) is 1.99. The predicted octanol–water partition coefficient (Wildman–Crippen LogP) is 4.04. The summed E-state index contributed by atoms with van der Waals surface area (Å²) in [5.74, 6) is 1.68. The summed E-state index contributed by atoms with van der Waals surface area (Å²) in [6.45, 7) is 8.51. The Morgan fingerprint density at radius 2 is 1.86 bits per heavy atom. The lowest BCUT2D eigenvalue weighted by Gasteiger charge is -2.21. The van der Waals surface area contributed by atoms with Gasteiger partial charge in [-0.15, -0.1) is 0 Å². The maximum atomic E-state index is 5.35. The Kier molecular flexibility index (Phi) is 3.39. The van der Waals surface area contributed by atoms with Gasteiger partial charge in [0.25, 0.3) is 0 Å². The van der Waals surface area contributed by atoms with E-state index in [0.29, 0.717) is 0 Å². The number of ether oxygens (including phenoxy) is 1. The van der Waals surface area contributed by atoms with Crippen LogP contribution in [0.3, 0.4) is 0 Å². The van der Waals surface area contributed by atoms with E-state index in [9.17, 15) is 0 Å². The van der Waals surface area contributed by atoms with Crippen molar-refractivity contribution in [1.29, 1.82) is 0 Å². The van der Waals surface area contributed by atoms with E-state index in [-0.39, 0.29) is 5.41 Å². The molecule has 2 aromatic heterocycles. The Hall–Kier alpha value is -2.36. The minimum Gasteiger partial charge on any atom is -0.497 e. The first-order valence-electron chi connectivity index (χ1n) is 7.40. The number of pyridine rings is 1. The monoisotopic (exact) mass is 295 g/mol. The van der Waals surface area contributed by atoms with Gasteiger partial charge in [0, 0.05) is 17.0 Å². The SMILES string of the molecule is COc1ccc2c(C(C)(C)C)nc(-n3ccc(C)n3)cc2c1. The molecule has 114 valence electrons. The molecule has 0 N–H and O–H groups in total. The molecule has 0 aliphatic rings. The summed E-state index contributed by atoms with van der Waals surface area (Å²) in [7, 11) is 1.69. The molecule has 0 radical (unpaired) electrons. The topological polar surface area (TPSA) is 39.9 Å². The molecule has 2 heterocycles. The predicted molar refractivity (Wildman–Crippen MR) is 88.9 cm³/mol. The van der Waals surface area contributed by atoms with Crippen molar-refractivity contribution in [3.05, 3.63) is 47.9 Å². The van der Waals surface area contributed by atoms with Gasteiger partial charge in [0.15, 0.2) is 5.82 Å². The van der Waals surface area contributed by atoms with Crippen LogP contribution in [0.5, 0.6) is 5.75 Å². The Labute approximate surface area is 130 Å². The van der Waals surface area contributed by atoms with Gasteiger partial charge in [0.1, 0.15) is 5.75 Å². The first-order chi connectivity index (χ1) is 10.4. The second kappa shape index (κ2) is 5.13. The van der Waals surface area contributed by atoms with Gasteiger partial charge in [-0.1, -0.05) is 20.8 Å². The molecule has 1 aromatic carbocycles. The van der Waals surface area contributed by atoms with Crippen LogP contribution in [0.2, 0.25) is 0 Å². The van der Waals surface area contributed by atoms with E-state index in [2.05, 4.69) is 38.0 Å². The first-order valence-corrected chi connectivity index (χ1v) is 7.40. The van der Waals surface area contributed by atoms with E-state index in [1.165, 1.54) is 0 Å². The average Bonchev–Trinajstić information content (AvgIpc) is 2.91. The standard InChI is InChI=1S/C18H21N3O/c1-12-8-9-21(20-12)16-11-13-10-14(22-5)6-7-15(13)17(19-16)18(2,3)4/h6-11H,1-5H3. The highest BCUT2D eigenvalue weighted by Gasteiger charge is 2.20. The maximum Gasteiger partial charge on any atom is 0.154 e. The van der Waals surface area contributed by atoms with Crippen LogP contribution in [-0.4, -0.2) is 21.9 Å². The largest absolute Gasteiger partial charge is 0.497 e. The van der Waals surface area contributed by atoms with Crippen molar-refractivity contribution in [1.82, 2.24) is 14.8 Å². The number of hydrogen-bond acceptors (Lipinski definition) is 3. The number of methoxy groups -OCH3 is 1. The third-order valence-electron chi connectivity index (χ3n) is 3.69. The second-order valence-electron chi connectivity index (χ2n) is 6.57. The lowest BCUT2D eigenvalue weighted by molar-refractivity contribution is 0.415. The van der Waals surface area contributed by atoms with Crippen LogP contribution >= 0.6 is 0 Å². The Balaban J connectivity index is 2.30. The molecule has 0 aliphatic heterocycles. The van der Waals surface area contributed by atoms with Crippen LogP contribution in [-0.2, 0) is 5.41 Å². The fourth-order valence-corrected chi connectivity index (χ4v) is 2.58. The number of fused-ring (bicyclic) bond motifs is 1. The minimum absolute atomic E-state index is 0.0505. The number of hydrogen-bond donors (Lipinski definition) is 0. The summed E-state index contributed by atoms with van der Waals surface area (Å²) < 4.78 is 7.18. The van der Waals surface area contributed by atoms with Gasteiger partial charge < -0.3 is 4.74 Å². The average molecular weight is 295 g/mol. The third-order valence-corrected chi connectivity index (χ3v) is 3.69. The molecule has 0 fully saturated rings. The maximum absolute atomic E-state index is 5.35. The molecule has 3 rings (SSSR count). The highest BCUT2D eigenvalue weighted by atomic mass is 16.5. The molecule has 0 atom stereocenters. The van der Waals surface area contributed by atoms with E-state index < -0.39 is 0 Å². The molecule has 4 heteroatoms. The van der Waals surface area contributed by atoms with Crippen molar-refractivity contribution in [2.24, 2.45) is 0 Å². The third kappa shape index (κ3) is 2.56. The molecule has 3 aromatic rings. The lowest BCUT2D eigenvalue weighted by Crippen LogP contribution is -2.16. The van der Waals surface area contributed by atoms with Crippen LogP contribution in [0.1, 0.15) is 32.2 Å². The van der Waals surface area contributed by atoms with Crippen LogP contribution in [0, 0.1) is 6.92 Å². The zero-order chi connectivity index (χ0) is 15.9. The van der Waals surface area contributed by atoms with E-state index >= 15 is 0 Å². The summed E-state index contributed by atoms with van der Waals surface area (Å²) >= 11 is 0. The lowest BCUT2D eigenvalue weighted by atomic mass is 9.88. The number of nitrogens with zero attached hydrogens (tertiary/aromatic N) is 3. The highest BCUT2D eigenvalue weighted by Crippen LogP contribution is 2.31. The fourth-order valence-electron chi connectivity index (χ4n) is 2.58. The molecule has 0 aliphatic carbocycles. The molecule has 0 saturated carbocycles. The van der Waals surface area contributed by atoms with Crippen LogP contribution < -0.4 is 4.74 Å². The molecule has 0 bridgehead atoms. The molecule has 22 heavy (non-hydrogen) atoms. The van der Waals surface area contributed by atoms with E-state index in [1.807, 2.05) is 36.0 Å². The zero-order valence-electron chi connectivity index (χ0n) is 13.7. The normalized spacial score (nSPS) is 11.9. The molecular formula is C18H21N3O. The van der Waals surface area contributed by atoms with Crippen molar-refractivity contribution in [3.8, 4) is 11.6 Å². The van der Waals surface area contributed by atoms with Crippen LogP contribution in [0.25, 0.3) is 16.6 Å². The van der Waals surface area contributed by atoms with Gasteiger partial charge in [0.2, 0.25) is 0 Å². The highest BCUT2D eigenvalue weighted by molar-refractivity contribution is 5.88. The van der Waals surface area contributed by atoms with Crippen molar-refractivity contribution in [2.75, 3.05) is 7.11 Å². The van der Waals surface area contributed by atoms with Gasteiger partial charge in [0.05, 0.1) is 18.5 Å². The van der Waals surface area contributed by atoms with E-state index in [1.54, 1.807) is 7.11 Å². The summed E-state index contributed by atoms with van der Waals surface area (Å²) in [6.07, 6.45) is 1.94.